The third kappa shape index (κ3) is 7.88. The van der Waals surface area contributed by atoms with E-state index >= 15 is 0 Å². The number of thiazole rings is 1. The number of carbonyl (C=O) groups is 3. The second kappa shape index (κ2) is 13.4. The van der Waals surface area contributed by atoms with Crippen molar-refractivity contribution in [1.29, 1.82) is 0 Å². The standard InChI is InChI=1S/C27H29N3O5S2/c31-25(32)14-30-13-24(22-16-36-18-28-22)37-17-23(26(30)33)29-21(12-11-19-7-3-1-4-8-19)27(34)35-15-20-9-5-2-6-10-20/h1-10,16,18,21,23-24,29H,11-15,17H2,(H,31,32). The Kier molecular flexibility index (Phi) is 9.70. The van der Waals surface area contributed by atoms with Gasteiger partial charge in [-0.3, -0.25) is 19.7 Å². The highest BCUT2D eigenvalue weighted by Crippen LogP contribution is 2.33. The van der Waals surface area contributed by atoms with Crippen molar-refractivity contribution in [2.24, 2.45) is 0 Å². The van der Waals surface area contributed by atoms with E-state index in [0.29, 0.717) is 18.6 Å². The van der Waals surface area contributed by atoms with Crippen LogP contribution in [0.25, 0.3) is 0 Å². The Bertz CT molecular complexity index is 1160. The van der Waals surface area contributed by atoms with Gasteiger partial charge in [0, 0.05) is 17.7 Å². The van der Waals surface area contributed by atoms with E-state index in [1.165, 1.54) is 28.0 Å². The molecule has 2 aromatic carbocycles. The molecule has 2 heterocycles. The van der Waals surface area contributed by atoms with E-state index in [2.05, 4.69) is 10.3 Å². The van der Waals surface area contributed by atoms with E-state index in [1.54, 1.807) is 5.51 Å². The van der Waals surface area contributed by atoms with Gasteiger partial charge in [-0.25, -0.2) is 4.98 Å². The summed E-state index contributed by atoms with van der Waals surface area (Å²) in [6.45, 7) is -0.0379. The molecule has 0 saturated carbocycles. The zero-order chi connectivity index (χ0) is 26.0. The first-order valence-electron chi connectivity index (χ1n) is 12.0. The van der Waals surface area contributed by atoms with Crippen LogP contribution in [0.5, 0.6) is 0 Å². The Balaban J connectivity index is 1.49. The van der Waals surface area contributed by atoms with Crippen LogP contribution in [-0.2, 0) is 32.1 Å². The fourth-order valence-corrected chi connectivity index (χ4v) is 6.07. The number of carboxylic acid groups (broad SMARTS) is 1. The minimum atomic E-state index is -1.08. The van der Waals surface area contributed by atoms with Crippen molar-refractivity contribution < 1.29 is 24.2 Å². The Labute approximate surface area is 224 Å². The molecule has 0 aliphatic carbocycles. The van der Waals surface area contributed by atoms with Gasteiger partial charge in [-0.1, -0.05) is 60.7 Å². The van der Waals surface area contributed by atoms with Crippen molar-refractivity contribution in [2.45, 2.75) is 36.8 Å². The molecule has 1 aliphatic rings. The minimum absolute atomic E-state index is 0.133. The maximum atomic E-state index is 13.4. The highest BCUT2D eigenvalue weighted by molar-refractivity contribution is 7.99. The number of nitrogens with zero attached hydrogens (tertiary/aromatic N) is 2. The second-order valence-electron chi connectivity index (χ2n) is 8.74. The van der Waals surface area contributed by atoms with Crippen LogP contribution in [-0.4, -0.2) is 63.8 Å². The van der Waals surface area contributed by atoms with Crippen LogP contribution < -0.4 is 5.32 Å². The number of carboxylic acids is 1. The molecule has 1 amide bonds. The van der Waals surface area contributed by atoms with E-state index in [0.717, 1.165) is 16.8 Å². The molecule has 3 atom stereocenters. The quantitative estimate of drug-likeness (QED) is 0.356. The summed E-state index contributed by atoms with van der Waals surface area (Å²) >= 11 is 3.00. The van der Waals surface area contributed by atoms with E-state index in [4.69, 9.17) is 4.74 Å². The molecule has 8 nitrogen and oxygen atoms in total. The van der Waals surface area contributed by atoms with Gasteiger partial charge in [0.05, 0.1) is 22.5 Å². The molecule has 194 valence electrons. The molecule has 1 fully saturated rings. The molecule has 1 aliphatic heterocycles. The van der Waals surface area contributed by atoms with Gasteiger partial charge in [-0.15, -0.1) is 23.1 Å². The van der Waals surface area contributed by atoms with Crippen LogP contribution in [0.15, 0.2) is 71.6 Å². The Morgan fingerprint density at radius 3 is 2.46 bits per heavy atom. The van der Waals surface area contributed by atoms with Gasteiger partial charge in [0.25, 0.3) is 0 Å². The number of rotatable bonds is 11. The van der Waals surface area contributed by atoms with Crippen molar-refractivity contribution in [1.82, 2.24) is 15.2 Å². The number of hydrogen-bond acceptors (Lipinski definition) is 8. The summed E-state index contributed by atoms with van der Waals surface area (Å²) in [6, 6.07) is 17.8. The minimum Gasteiger partial charge on any atom is -0.480 e. The van der Waals surface area contributed by atoms with Gasteiger partial charge in [-0.2, -0.15) is 0 Å². The summed E-state index contributed by atoms with van der Waals surface area (Å²) in [5.41, 5.74) is 4.49. The fourth-order valence-electron chi connectivity index (χ4n) is 4.13. The van der Waals surface area contributed by atoms with E-state index in [9.17, 15) is 19.5 Å². The number of aryl methyl sites for hydroxylation is 1. The first-order valence-corrected chi connectivity index (χ1v) is 14.0. The predicted octanol–water partition coefficient (Wildman–Crippen LogP) is 3.55. The molecular formula is C27H29N3O5S2. The van der Waals surface area contributed by atoms with Crippen LogP contribution in [0.4, 0.5) is 0 Å². The molecule has 0 spiro atoms. The SMILES string of the molecule is O=C(O)CN1CC(c2cscn2)SCC(NC(CCc2ccccc2)C(=O)OCc2ccccc2)C1=O. The maximum Gasteiger partial charge on any atom is 0.323 e. The van der Waals surface area contributed by atoms with Gasteiger partial charge in [0.1, 0.15) is 19.2 Å². The monoisotopic (exact) mass is 539 g/mol. The molecule has 10 heteroatoms. The van der Waals surface area contributed by atoms with Crippen molar-refractivity contribution >= 4 is 40.9 Å². The Hall–Kier alpha value is -3.21. The summed E-state index contributed by atoms with van der Waals surface area (Å²) < 4.78 is 5.62. The highest BCUT2D eigenvalue weighted by Gasteiger charge is 2.36. The van der Waals surface area contributed by atoms with Gasteiger partial charge in [0.2, 0.25) is 5.91 Å². The lowest BCUT2D eigenvalue weighted by atomic mass is 10.0. The Morgan fingerprint density at radius 2 is 1.81 bits per heavy atom. The molecule has 3 unspecified atom stereocenters. The number of hydrogen-bond donors (Lipinski definition) is 2. The Morgan fingerprint density at radius 1 is 1.11 bits per heavy atom. The number of nitrogens with one attached hydrogen (secondary N) is 1. The number of amides is 1. The van der Waals surface area contributed by atoms with E-state index < -0.39 is 30.6 Å². The summed E-state index contributed by atoms with van der Waals surface area (Å²) in [5.74, 6) is -1.49. The van der Waals surface area contributed by atoms with Crippen LogP contribution in [0.1, 0.15) is 28.5 Å². The number of aromatic nitrogens is 1. The van der Waals surface area contributed by atoms with Crippen LogP contribution in [0.3, 0.4) is 0 Å². The number of thioether (sulfide) groups is 1. The van der Waals surface area contributed by atoms with E-state index in [-0.39, 0.29) is 24.3 Å². The predicted molar refractivity (Wildman–Crippen MR) is 143 cm³/mol. The molecule has 2 N–H and O–H groups in total. The maximum absolute atomic E-state index is 13.4. The van der Waals surface area contributed by atoms with Gasteiger partial charge < -0.3 is 14.7 Å². The van der Waals surface area contributed by atoms with Gasteiger partial charge in [-0.05, 0) is 24.0 Å². The smallest absolute Gasteiger partial charge is 0.323 e. The first-order chi connectivity index (χ1) is 18.0. The topological polar surface area (TPSA) is 109 Å². The summed E-state index contributed by atoms with van der Waals surface area (Å²) in [7, 11) is 0. The fraction of sp³-hybridized carbons (Fsp3) is 0.333. The normalized spacial score (nSPS) is 18.7. The first kappa shape index (κ1) is 26.8. The van der Waals surface area contributed by atoms with E-state index in [1.807, 2.05) is 66.0 Å². The molecule has 0 bridgehead atoms. The number of esters is 1. The molecule has 0 radical (unpaired) electrons. The summed E-state index contributed by atoms with van der Waals surface area (Å²) in [6.07, 6.45) is 1.05. The average Bonchev–Trinajstić information content (AvgIpc) is 3.41. The van der Waals surface area contributed by atoms with Crippen molar-refractivity contribution in [3.63, 3.8) is 0 Å². The number of ether oxygens (including phenoxy) is 1. The third-order valence-corrected chi connectivity index (χ3v) is 7.97. The zero-order valence-corrected chi connectivity index (χ0v) is 21.8. The lowest BCUT2D eigenvalue weighted by Crippen LogP contribution is -2.53. The van der Waals surface area contributed by atoms with Crippen LogP contribution >= 0.6 is 23.1 Å². The molecular weight excluding hydrogens is 510 g/mol. The van der Waals surface area contributed by atoms with Gasteiger partial charge in [0.15, 0.2) is 0 Å². The van der Waals surface area contributed by atoms with Crippen molar-refractivity contribution in [3.05, 3.63) is 88.4 Å². The zero-order valence-electron chi connectivity index (χ0n) is 20.2. The number of benzene rings is 2. The number of aliphatic carboxylic acids is 1. The van der Waals surface area contributed by atoms with Crippen LogP contribution in [0.2, 0.25) is 0 Å². The molecule has 1 saturated heterocycles. The highest BCUT2D eigenvalue weighted by atomic mass is 32.2. The summed E-state index contributed by atoms with van der Waals surface area (Å²) in [5, 5.41) is 14.4. The average molecular weight is 540 g/mol. The number of carbonyl (C=O) groups excluding carboxylic acids is 2. The lowest BCUT2D eigenvalue weighted by Gasteiger charge is -2.27. The van der Waals surface area contributed by atoms with Crippen LogP contribution in [0, 0.1) is 0 Å². The molecule has 3 aromatic rings. The largest absolute Gasteiger partial charge is 0.480 e. The lowest BCUT2D eigenvalue weighted by molar-refractivity contribution is -0.149. The summed E-state index contributed by atoms with van der Waals surface area (Å²) in [4.78, 5) is 43.9. The van der Waals surface area contributed by atoms with Crippen molar-refractivity contribution in [3.8, 4) is 0 Å². The molecule has 1 aromatic heterocycles. The second-order valence-corrected chi connectivity index (χ2v) is 10.7. The third-order valence-electron chi connectivity index (χ3n) is 6.04. The molecule has 37 heavy (non-hydrogen) atoms. The molecule has 4 rings (SSSR count). The van der Waals surface area contributed by atoms with Crippen molar-refractivity contribution in [2.75, 3.05) is 18.8 Å². The van der Waals surface area contributed by atoms with Gasteiger partial charge >= 0.3 is 11.9 Å².